The second-order valence-electron chi connectivity index (χ2n) is 8.74. The molecule has 0 amide bonds. The van der Waals surface area contributed by atoms with E-state index >= 15 is 0 Å². The lowest BCUT2D eigenvalue weighted by atomic mass is 9.77. The molecular weight excluding hydrogens is 490 g/mol. The van der Waals surface area contributed by atoms with E-state index in [0.717, 1.165) is 23.8 Å². The first-order valence-corrected chi connectivity index (χ1v) is 13.3. The van der Waals surface area contributed by atoms with Crippen LogP contribution in [-0.2, 0) is 22.0 Å². The quantitative estimate of drug-likeness (QED) is 0.369. The molecule has 10 heteroatoms. The summed E-state index contributed by atoms with van der Waals surface area (Å²) in [5.41, 5.74) is 2.29. The molecule has 8 nitrogen and oxygen atoms in total. The summed E-state index contributed by atoms with van der Waals surface area (Å²) in [5, 5.41) is 10.1. The Hall–Kier alpha value is -3.22. The van der Waals surface area contributed by atoms with Gasteiger partial charge >= 0.3 is 6.01 Å². The van der Waals surface area contributed by atoms with Gasteiger partial charge in [0.15, 0.2) is 5.75 Å². The number of halogens is 1. The van der Waals surface area contributed by atoms with Crippen LogP contribution in [0.2, 0.25) is 5.02 Å². The molecular formula is C25H28ClN3O5S. The maximum Gasteiger partial charge on any atom is 0.308 e. The molecule has 1 heterocycles. The molecule has 0 saturated heterocycles. The van der Waals surface area contributed by atoms with Crippen molar-refractivity contribution in [3.8, 4) is 17.6 Å². The number of aromatic nitrogens is 1. The third-order valence-electron chi connectivity index (χ3n) is 5.57. The number of nitrogens with zero attached hydrogens (tertiary/aromatic N) is 2. The fourth-order valence-electron chi connectivity index (χ4n) is 3.31. The van der Waals surface area contributed by atoms with Crippen LogP contribution in [0.25, 0.3) is 0 Å². The van der Waals surface area contributed by atoms with E-state index < -0.39 is 15.4 Å². The third kappa shape index (κ3) is 6.68. The van der Waals surface area contributed by atoms with Crippen molar-refractivity contribution >= 4 is 27.6 Å². The highest BCUT2D eigenvalue weighted by Gasteiger charge is 2.26. The first-order valence-electron chi connectivity index (χ1n) is 11.0. The van der Waals surface area contributed by atoms with Crippen LogP contribution in [0.5, 0.6) is 11.5 Å². The summed E-state index contributed by atoms with van der Waals surface area (Å²) in [4.78, 5) is 4.03. The second kappa shape index (κ2) is 10.6. The standard InChI is InChI=1S/C25H28ClN3O5S/c1-6-16(2)34-23-17(13-27)11-19(12-22(23)26)25(3,4)18-7-9-21(10-8-18)32-14-20-15-33-24(28-20)29-35(5,30)31/h7-12,15-16H,6,14H2,1-5H3,(H,28,29). The van der Waals surface area contributed by atoms with E-state index in [1.165, 1.54) is 6.26 Å². The van der Waals surface area contributed by atoms with Gasteiger partial charge in [0.1, 0.15) is 30.4 Å². The lowest BCUT2D eigenvalue weighted by Gasteiger charge is -2.27. The van der Waals surface area contributed by atoms with Crippen LogP contribution in [0.1, 0.15) is 56.5 Å². The van der Waals surface area contributed by atoms with Crippen LogP contribution in [0, 0.1) is 11.3 Å². The summed E-state index contributed by atoms with van der Waals surface area (Å²) in [6.07, 6.45) is 3.10. The number of benzene rings is 2. The van der Waals surface area contributed by atoms with Gasteiger partial charge < -0.3 is 13.9 Å². The molecule has 3 rings (SSSR count). The minimum atomic E-state index is -3.47. The van der Waals surface area contributed by atoms with Crippen LogP contribution in [0.15, 0.2) is 47.1 Å². The maximum atomic E-state index is 11.3. The number of rotatable bonds is 10. The van der Waals surface area contributed by atoms with Crippen molar-refractivity contribution in [2.75, 3.05) is 11.0 Å². The van der Waals surface area contributed by atoms with Crippen molar-refractivity contribution < 1.29 is 22.3 Å². The molecule has 1 unspecified atom stereocenters. The SMILES string of the molecule is CCC(C)Oc1c(Cl)cc(C(C)(C)c2ccc(OCc3coc(NS(C)(=O)=O)n3)cc2)cc1C#N. The molecule has 3 aromatic rings. The molecule has 0 aliphatic heterocycles. The number of anilines is 1. The molecule has 0 fully saturated rings. The third-order valence-corrected chi connectivity index (χ3v) is 6.39. The van der Waals surface area contributed by atoms with E-state index in [9.17, 15) is 13.7 Å². The van der Waals surface area contributed by atoms with Crippen LogP contribution < -0.4 is 14.2 Å². The Morgan fingerprint density at radius 3 is 2.51 bits per heavy atom. The maximum absolute atomic E-state index is 11.3. The monoisotopic (exact) mass is 517 g/mol. The Kier molecular flexibility index (Phi) is 7.98. The average molecular weight is 518 g/mol. The molecule has 0 saturated carbocycles. The zero-order valence-corrected chi connectivity index (χ0v) is 21.8. The largest absolute Gasteiger partial charge is 0.488 e. The first-order chi connectivity index (χ1) is 16.4. The summed E-state index contributed by atoms with van der Waals surface area (Å²) in [6.45, 7) is 8.16. The zero-order chi connectivity index (χ0) is 25.8. The van der Waals surface area contributed by atoms with Crippen molar-refractivity contribution in [1.82, 2.24) is 4.98 Å². The van der Waals surface area contributed by atoms with E-state index in [2.05, 4.69) is 29.6 Å². The normalized spacial score (nSPS) is 12.6. The second-order valence-corrected chi connectivity index (χ2v) is 10.9. The predicted octanol–water partition coefficient (Wildman–Crippen LogP) is 5.65. The van der Waals surface area contributed by atoms with Crippen LogP contribution in [-0.4, -0.2) is 25.8 Å². The van der Waals surface area contributed by atoms with E-state index in [1.54, 1.807) is 0 Å². The van der Waals surface area contributed by atoms with E-state index in [4.69, 9.17) is 25.5 Å². The Morgan fingerprint density at radius 2 is 1.91 bits per heavy atom. The highest BCUT2D eigenvalue weighted by molar-refractivity contribution is 7.91. The number of sulfonamides is 1. The molecule has 186 valence electrons. The summed E-state index contributed by atoms with van der Waals surface area (Å²) in [6, 6.07) is 13.3. The van der Waals surface area contributed by atoms with Gasteiger partial charge in [-0.15, -0.1) is 0 Å². The molecule has 1 aromatic heterocycles. The molecule has 1 N–H and O–H groups in total. The number of nitriles is 1. The van der Waals surface area contributed by atoms with Crippen molar-refractivity contribution in [2.45, 2.75) is 52.2 Å². The predicted molar refractivity (Wildman–Crippen MR) is 134 cm³/mol. The van der Waals surface area contributed by atoms with E-state index in [-0.39, 0.29) is 18.7 Å². The van der Waals surface area contributed by atoms with Crippen molar-refractivity contribution in [3.05, 3.63) is 70.1 Å². The molecule has 0 aliphatic carbocycles. The molecule has 0 aliphatic rings. The first kappa shape index (κ1) is 26.4. The van der Waals surface area contributed by atoms with E-state index in [0.29, 0.717) is 27.8 Å². The van der Waals surface area contributed by atoms with Crippen molar-refractivity contribution in [1.29, 1.82) is 5.26 Å². The molecule has 2 aromatic carbocycles. The summed E-state index contributed by atoms with van der Waals surface area (Å²) >= 11 is 6.52. The highest BCUT2D eigenvalue weighted by atomic mass is 35.5. The molecule has 0 radical (unpaired) electrons. The van der Waals surface area contributed by atoms with Gasteiger partial charge in [0.25, 0.3) is 0 Å². The van der Waals surface area contributed by atoms with Gasteiger partial charge in [-0.25, -0.2) is 13.1 Å². The Morgan fingerprint density at radius 1 is 1.23 bits per heavy atom. The van der Waals surface area contributed by atoms with Crippen LogP contribution in [0.4, 0.5) is 6.01 Å². The van der Waals surface area contributed by atoms with Crippen molar-refractivity contribution in [3.63, 3.8) is 0 Å². The van der Waals surface area contributed by atoms with Crippen LogP contribution in [0.3, 0.4) is 0 Å². The zero-order valence-electron chi connectivity index (χ0n) is 20.3. The lowest BCUT2D eigenvalue weighted by Crippen LogP contribution is -2.20. The molecule has 0 spiro atoms. The minimum absolute atomic E-state index is 0.0502. The van der Waals surface area contributed by atoms with Gasteiger partial charge in [-0.3, -0.25) is 0 Å². The number of oxazole rings is 1. The molecule has 35 heavy (non-hydrogen) atoms. The van der Waals surface area contributed by atoms with E-state index in [1.807, 2.05) is 50.2 Å². The van der Waals surface area contributed by atoms with Gasteiger partial charge in [-0.2, -0.15) is 10.2 Å². The minimum Gasteiger partial charge on any atom is -0.488 e. The van der Waals surface area contributed by atoms with Gasteiger partial charge in [0, 0.05) is 5.41 Å². The Balaban J connectivity index is 1.75. The fraction of sp³-hybridized carbons (Fsp3) is 0.360. The van der Waals surface area contributed by atoms with Gasteiger partial charge in [0.05, 0.1) is 22.9 Å². The Labute approximate surface area is 210 Å². The van der Waals surface area contributed by atoms with Gasteiger partial charge in [-0.05, 0) is 48.7 Å². The van der Waals surface area contributed by atoms with Gasteiger partial charge in [0.2, 0.25) is 10.0 Å². The number of hydrogen-bond acceptors (Lipinski definition) is 7. The highest BCUT2D eigenvalue weighted by Crippen LogP contribution is 2.39. The van der Waals surface area contributed by atoms with Crippen LogP contribution >= 0.6 is 11.6 Å². The Bertz CT molecular complexity index is 1330. The summed E-state index contributed by atoms with van der Waals surface area (Å²) < 4.78 is 41.4. The van der Waals surface area contributed by atoms with Gasteiger partial charge in [-0.1, -0.05) is 44.5 Å². The average Bonchev–Trinajstić information content (AvgIpc) is 3.24. The van der Waals surface area contributed by atoms with Crippen molar-refractivity contribution in [2.24, 2.45) is 0 Å². The lowest BCUT2D eigenvalue weighted by molar-refractivity contribution is 0.217. The summed E-state index contributed by atoms with van der Waals surface area (Å²) in [5.74, 6) is 1.02. The smallest absolute Gasteiger partial charge is 0.308 e. The fourth-order valence-corrected chi connectivity index (χ4v) is 3.99. The molecule has 0 bridgehead atoms. The molecule has 1 atom stereocenters. The summed E-state index contributed by atoms with van der Waals surface area (Å²) in [7, 11) is -3.47. The number of ether oxygens (including phenoxy) is 2. The topological polar surface area (TPSA) is 114 Å². The number of nitrogens with one attached hydrogen (secondary N) is 1. The number of hydrogen-bond donors (Lipinski definition) is 1.